The van der Waals surface area contributed by atoms with E-state index in [1.54, 1.807) is 58.0 Å². The Kier molecular flexibility index (Phi) is 11.1. The summed E-state index contributed by atoms with van der Waals surface area (Å²) in [6.07, 6.45) is -5.56. The molecule has 0 saturated heterocycles. The standard InChI is InChI=1S/C27H33NO11/c1-16(2)34-24(31)38-21-12-11-19(13-22(21)39-25(32)35-17(3)4)15-27(28,23(29)30)14-18(5)36-26(33)37-20-9-7-6-8-10-20/h6-13,16-18H,14-15,28H2,1-5H3,(H,29,30)/t18-,27?/m0/s1. The number of carbonyl (C=O) groups is 4. The third kappa shape index (κ3) is 10.5. The molecule has 0 bridgehead atoms. The Labute approximate surface area is 225 Å². The molecule has 0 aliphatic carbocycles. The average Bonchev–Trinajstić information content (AvgIpc) is 2.80. The van der Waals surface area contributed by atoms with Gasteiger partial charge >= 0.3 is 24.4 Å². The Morgan fingerprint density at radius 2 is 1.31 bits per heavy atom. The van der Waals surface area contributed by atoms with Gasteiger partial charge in [-0.15, -0.1) is 0 Å². The number of hydrogen-bond acceptors (Lipinski definition) is 11. The van der Waals surface area contributed by atoms with Gasteiger partial charge in [0.2, 0.25) is 0 Å². The van der Waals surface area contributed by atoms with E-state index in [-0.39, 0.29) is 30.1 Å². The van der Waals surface area contributed by atoms with Crippen molar-refractivity contribution >= 4 is 24.4 Å². The molecule has 12 nitrogen and oxygen atoms in total. The molecule has 39 heavy (non-hydrogen) atoms. The predicted octanol–water partition coefficient (Wildman–Crippen LogP) is 4.85. The molecule has 2 rings (SSSR count). The lowest BCUT2D eigenvalue weighted by atomic mass is 9.86. The zero-order chi connectivity index (χ0) is 29.2. The summed E-state index contributed by atoms with van der Waals surface area (Å²) in [4.78, 5) is 48.4. The molecule has 2 atom stereocenters. The first kappa shape index (κ1) is 30.9. The molecule has 0 heterocycles. The molecule has 212 valence electrons. The van der Waals surface area contributed by atoms with E-state index >= 15 is 0 Å². The zero-order valence-electron chi connectivity index (χ0n) is 22.4. The van der Waals surface area contributed by atoms with Crippen molar-refractivity contribution in [2.24, 2.45) is 5.73 Å². The number of carbonyl (C=O) groups excluding carboxylic acids is 3. The Bertz CT molecular complexity index is 1150. The molecule has 0 fully saturated rings. The van der Waals surface area contributed by atoms with E-state index in [4.69, 9.17) is 34.2 Å². The molecular formula is C27H33NO11. The van der Waals surface area contributed by atoms with Crippen LogP contribution in [0.25, 0.3) is 0 Å². The highest BCUT2D eigenvalue weighted by molar-refractivity contribution is 5.79. The van der Waals surface area contributed by atoms with Crippen LogP contribution in [0, 0.1) is 0 Å². The molecule has 3 N–H and O–H groups in total. The average molecular weight is 548 g/mol. The number of rotatable bonds is 11. The Morgan fingerprint density at radius 1 is 0.769 bits per heavy atom. The first-order valence-corrected chi connectivity index (χ1v) is 12.1. The van der Waals surface area contributed by atoms with Crippen LogP contribution in [-0.2, 0) is 25.4 Å². The molecule has 2 aromatic rings. The number of ether oxygens (including phenoxy) is 6. The normalized spacial score (nSPS) is 13.1. The van der Waals surface area contributed by atoms with E-state index in [2.05, 4.69) is 0 Å². The minimum absolute atomic E-state index is 0.164. The smallest absolute Gasteiger partial charge is 0.480 e. The maximum absolute atomic E-state index is 12.1. The maximum atomic E-state index is 12.1. The summed E-state index contributed by atoms with van der Waals surface area (Å²) in [5, 5.41) is 9.90. The van der Waals surface area contributed by atoms with Gasteiger partial charge in [0.15, 0.2) is 11.5 Å². The van der Waals surface area contributed by atoms with E-state index < -0.39 is 48.3 Å². The van der Waals surface area contributed by atoms with Gasteiger partial charge in [0.05, 0.1) is 12.2 Å². The molecule has 0 aromatic heterocycles. The fourth-order valence-electron chi connectivity index (χ4n) is 3.37. The van der Waals surface area contributed by atoms with E-state index in [1.807, 2.05) is 0 Å². The summed E-state index contributed by atoms with van der Waals surface area (Å²) in [6.45, 7) is 7.96. The van der Waals surface area contributed by atoms with Crippen molar-refractivity contribution in [3.05, 3.63) is 54.1 Å². The number of para-hydroxylation sites is 1. The van der Waals surface area contributed by atoms with Gasteiger partial charge in [0.25, 0.3) is 0 Å². The summed E-state index contributed by atoms with van der Waals surface area (Å²) in [7, 11) is 0. The number of benzene rings is 2. The minimum Gasteiger partial charge on any atom is -0.480 e. The summed E-state index contributed by atoms with van der Waals surface area (Å²) < 4.78 is 30.5. The quantitative estimate of drug-likeness (QED) is 0.223. The SMILES string of the molecule is CC(C)OC(=O)Oc1ccc(CC(N)(C[C@H](C)OC(=O)Oc2ccccc2)C(=O)O)cc1OC(=O)OC(C)C. The molecule has 0 saturated carbocycles. The van der Waals surface area contributed by atoms with Gasteiger partial charge < -0.3 is 39.3 Å². The summed E-state index contributed by atoms with van der Waals surface area (Å²) in [5.41, 5.74) is 4.64. The number of carboxylic acids is 1. The highest BCUT2D eigenvalue weighted by Gasteiger charge is 2.37. The second kappa shape index (κ2) is 14.0. The van der Waals surface area contributed by atoms with Crippen LogP contribution in [0.5, 0.6) is 17.2 Å². The van der Waals surface area contributed by atoms with Gasteiger partial charge in [0, 0.05) is 12.8 Å². The summed E-state index contributed by atoms with van der Waals surface area (Å²) in [6, 6.07) is 12.2. The van der Waals surface area contributed by atoms with Crippen molar-refractivity contribution in [1.82, 2.24) is 0 Å². The number of hydrogen-bond donors (Lipinski definition) is 2. The molecule has 0 aliphatic heterocycles. The molecular weight excluding hydrogens is 514 g/mol. The minimum atomic E-state index is -1.90. The molecule has 1 unspecified atom stereocenters. The van der Waals surface area contributed by atoms with Crippen LogP contribution in [0.1, 0.15) is 46.6 Å². The third-order valence-corrected chi connectivity index (χ3v) is 4.90. The fraction of sp³-hybridized carbons (Fsp3) is 0.407. The molecule has 12 heteroatoms. The van der Waals surface area contributed by atoms with Crippen molar-refractivity contribution in [3.8, 4) is 17.2 Å². The van der Waals surface area contributed by atoms with Gasteiger partial charge in [-0.2, -0.15) is 0 Å². The fourth-order valence-corrected chi connectivity index (χ4v) is 3.37. The predicted molar refractivity (Wildman–Crippen MR) is 137 cm³/mol. The van der Waals surface area contributed by atoms with Crippen molar-refractivity contribution in [2.45, 2.75) is 71.3 Å². The first-order valence-electron chi connectivity index (χ1n) is 12.1. The summed E-state index contributed by atoms with van der Waals surface area (Å²) in [5.74, 6) is -1.49. The second-order valence-corrected chi connectivity index (χ2v) is 9.25. The van der Waals surface area contributed by atoms with E-state index in [9.17, 15) is 24.3 Å². The molecule has 2 aromatic carbocycles. The maximum Gasteiger partial charge on any atom is 0.514 e. The highest BCUT2D eigenvalue weighted by Crippen LogP contribution is 2.31. The second-order valence-electron chi connectivity index (χ2n) is 9.25. The van der Waals surface area contributed by atoms with E-state index in [0.29, 0.717) is 5.56 Å². The zero-order valence-corrected chi connectivity index (χ0v) is 22.4. The third-order valence-electron chi connectivity index (χ3n) is 4.90. The van der Waals surface area contributed by atoms with E-state index in [1.165, 1.54) is 25.1 Å². The van der Waals surface area contributed by atoms with Crippen molar-refractivity contribution in [1.29, 1.82) is 0 Å². The first-order chi connectivity index (χ1) is 18.3. The molecule has 0 aliphatic rings. The van der Waals surface area contributed by atoms with Crippen LogP contribution in [-0.4, -0.2) is 53.4 Å². The Balaban J connectivity index is 2.21. The van der Waals surface area contributed by atoms with Gasteiger partial charge in [0.1, 0.15) is 17.4 Å². The Morgan fingerprint density at radius 3 is 1.85 bits per heavy atom. The number of aliphatic carboxylic acids is 1. The summed E-state index contributed by atoms with van der Waals surface area (Å²) >= 11 is 0. The largest absolute Gasteiger partial charge is 0.514 e. The van der Waals surface area contributed by atoms with Crippen LogP contribution in [0.4, 0.5) is 14.4 Å². The van der Waals surface area contributed by atoms with E-state index in [0.717, 1.165) is 0 Å². The van der Waals surface area contributed by atoms with Gasteiger partial charge in [-0.3, -0.25) is 4.79 Å². The van der Waals surface area contributed by atoms with Crippen LogP contribution in [0.15, 0.2) is 48.5 Å². The van der Waals surface area contributed by atoms with Gasteiger partial charge in [-0.25, -0.2) is 14.4 Å². The van der Waals surface area contributed by atoms with Gasteiger partial charge in [-0.05, 0) is 64.4 Å². The lowest BCUT2D eigenvalue weighted by molar-refractivity contribution is -0.144. The number of nitrogens with two attached hydrogens (primary N) is 1. The molecule has 0 amide bonds. The van der Waals surface area contributed by atoms with Crippen molar-refractivity contribution in [2.75, 3.05) is 0 Å². The molecule has 0 radical (unpaired) electrons. The topological polar surface area (TPSA) is 170 Å². The van der Waals surface area contributed by atoms with Gasteiger partial charge in [-0.1, -0.05) is 24.3 Å². The lowest BCUT2D eigenvalue weighted by Gasteiger charge is -2.28. The lowest BCUT2D eigenvalue weighted by Crippen LogP contribution is -2.52. The van der Waals surface area contributed by atoms with Crippen LogP contribution >= 0.6 is 0 Å². The van der Waals surface area contributed by atoms with Crippen LogP contribution in [0.2, 0.25) is 0 Å². The number of carboxylic acid groups (broad SMARTS) is 1. The highest BCUT2D eigenvalue weighted by atomic mass is 16.8. The molecule has 0 spiro atoms. The van der Waals surface area contributed by atoms with Crippen molar-refractivity contribution < 1.29 is 52.7 Å². The Hall–Kier alpha value is -4.32. The van der Waals surface area contributed by atoms with Crippen LogP contribution in [0.3, 0.4) is 0 Å². The van der Waals surface area contributed by atoms with Crippen molar-refractivity contribution in [3.63, 3.8) is 0 Å². The monoisotopic (exact) mass is 547 g/mol. The van der Waals surface area contributed by atoms with Crippen LogP contribution < -0.4 is 19.9 Å².